The quantitative estimate of drug-likeness (QED) is 0.814. The van der Waals surface area contributed by atoms with E-state index >= 15 is 0 Å². The van der Waals surface area contributed by atoms with Crippen LogP contribution in [0.25, 0.3) is 0 Å². The normalized spacial score (nSPS) is 18.3. The molecule has 1 aliphatic rings. The number of carbonyl (C=O) groups excluding carboxylic acids is 1. The molecule has 0 spiro atoms. The first-order valence-corrected chi connectivity index (χ1v) is 10.1. The lowest BCUT2D eigenvalue weighted by atomic mass is 10.0. The molecule has 0 aromatic heterocycles. The van der Waals surface area contributed by atoms with Gasteiger partial charge in [-0.15, -0.1) is 0 Å². The lowest BCUT2D eigenvalue weighted by Gasteiger charge is -2.23. The third kappa shape index (κ3) is 5.29. The zero-order valence-corrected chi connectivity index (χ0v) is 15.3. The Morgan fingerprint density at radius 1 is 1.38 bits per heavy atom. The van der Waals surface area contributed by atoms with Crippen LogP contribution in [0.5, 0.6) is 0 Å². The number of hydrogen-bond donors (Lipinski definition) is 1. The summed E-state index contributed by atoms with van der Waals surface area (Å²) in [5, 5.41) is 2.83. The second-order valence-corrected chi connectivity index (χ2v) is 8.46. The Balaban J connectivity index is 2.05. The summed E-state index contributed by atoms with van der Waals surface area (Å²) in [6.07, 6.45) is 2.74. The van der Waals surface area contributed by atoms with Crippen LogP contribution in [-0.2, 0) is 19.6 Å². The second kappa shape index (κ2) is 8.09. The number of para-hydroxylation sites is 1. The van der Waals surface area contributed by atoms with Crippen molar-refractivity contribution in [2.24, 2.45) is 0 Å². The van der Waals surface area contributed by atoms with Crippen molar-refractivity contribution in [3.8, 4) is 0 Å². The molecule has 0 bridgehead atoms. The molecule has 0 saturated carbocycles. The van der Waals surface area contributed by atoms with Gasteiger partial charge in [0.05, 0.1) is 18.9 Å². The maximum atomic E-state index is 12.4. The van der Waals surface area contributed by atoms with Crippen molar-refractivity contribution in [2.45, 2.75) is 38.7 Å². The zero-order chi connectivity index (χ0) is 17.7. The minimum atomic E-state index is -3.47. The predicted molar refractivity (Wildman–Crippen MR) is 94.6 cm³/mol. The standard InChI is InChI=1S/C17H26N2O4S/c1-13(2)15-8-4-5-9-16(15)18-17(20)12-19(24(3,21)22)11-14-7-6-10-23-14/h4-5,8-9,13-14H,6-7,10-12H2,1-3H3,(H,18,20). The van der Waals surface area contributed by atoms with Gasteiger partial charge in [-0.05, 0) is 30.4 Å². The summed E-state index contributed by atoms with van der Waals surface area (Å²) < 4.78 is 30.6. The van der Waals surface area contributed by atoms with Crippen LogP contribution in [0.15, 0.2) is 24.3 Å². The van der Waals surface area contributed by atoms with E-state index in [2.05, 4.69) is 5.32 Å². The van der Waals surface area contributed by atoms with Crippen molar-refractivity contribution in [1.82, 2.24) is 4.31 Å². The van der Waals surface area contributed by atoms with Gasteiger partial charge >= 0.3 is 0 Å². The monoisotopic (exact) mass is 354 g/mol. The number of rotatable bonds is 7. The summed E-state index contributed by atoms with van der Waals surface area (Å²) in [4.78, 5) is 12.4. The van der Waals surface area contributed by atoms with Crippen LogP contribution >= 0.6 is 0 Å². The highest BCUT2D eigenvalue weighted by Gasteiger charge is 2.26. The molecule has 2 rings (SSSR count). The third-order valence-electron chi connectivity index (χ3n) is 4.08. The van der Waals surface area contributed by atoms with Gasteiger partial charge in [0.2, 0.25) is 15.9 Å². The molecule has 134 valence electrons. The second-order valence-electron chi connectivity index (χ2n) is 6.48. The number of nitrogens with zero attached hydrogens (tertiary/aromatic N) is 1. The highest BCUT2D eigenvalue weighted by Crippen LogP contribution is 2.23. The van der Waals surface area contributed by atoms with E-state index in [1.165, 1.54) is 4.31 Å². The molecule has 1 heterocycles. The molecule has 0 radical (unpaired) electrons. The SMILES string of the molecule is CC(C)c1ccccc1NC(=O)CN(CC1CCCO1)S(C)(=O)=O. The van der Waals surface area contributed by atoms with Gasteiger partial charge in [0, 0.05) is 18.8 Å². The van der Waals surface area contributed by atoms with Crippen molar-refractivity contribution >= 4 is 21.6 Å². The van der Waals surface area contributed by atoms with Crippen LogP contribution in [0.1, 0.15) is 38.2 Å². The molecule has 6 nitrogen and oxygen atoms in total. The van der Waals surface area contributed by atoms with Gasteiger partial charge in [-0.2, -0.15) is 4.31 Å². The van der Waals surface area contributed by atoms with E-state index in [-0.39, 0.29) is 31.0 Å². The first kappa shape index (κ1) is 18.9. The summed E-state index contributed by atoms with van der Waals surface area (Å²) in [5.41, 5.74) is 1.75. The number of anilines is 1. The maximum Gasteiger partial charge on any atom is 0.239 e. The van der Waals surface area contributed by atoms with Crippen LogP contribution < -0.4 is 5.32 Å². The van der Waals surface area contributed by atoms with E-state index in [4.69, 9.17) is 4.74 Å². The van der Waals surface area contributed by atoms with Gasteiger partial charge in [-0.3, -0.25) is 4.79 Å². The molecule has 1 aromatic rings. The van der Waals surface area contributed by atoms with Crippen molar-refractivity contribution < 1.29 is 17.9 Å². The fourth-order valence-electron chi connectivity index (χ4n) is 2.80. The molecule has 1 aliphatic heterocycles. The van der Waals surface area contributed by atoms with E-state index in [1.54, 1.807) is 0 Å². The summed E-state index contributed by atoms with van der Waals surface area (Å²) in [7, 11) is -3.47. The molecule has 24 heavy (non-hydrogen) atoms. The first-order valence-electron chi connectivity index (χ1n) is 8.23. The van der Waals surface area contributed by atoms with E-state index in [0.717, 1.165) is 30.3 Å². The zero-order valence-electron chi connectivity index (χ0n) is 14.5. The van der Waals surface area contributed by atoms with Gasteiger partial charge in [0.1, 0.15) is 0 Å². The minimum Gasteiger partial charge on any atom is -0.377 e. The Labute approximate surface area is 144 Å². The van der Waals surface area contributed by atoms with Crippen LogP contribution in [0.2, 0.25) is 0 Å². The number of ether oxygens (including phenoxy) is 1. The Morgan fingerprint density at radius 3 is 2.67 bits per heavy atom. The summed E-state index contributed by atoms with van der Waals surface area (Å²) in [6.45, 7) is 4.76. The molecular weight excluding hydrogens is 328 g/mol. The minimum absolute atomic E-state index is 0.129. The molecule has 1 atom stereocenters. The van der Waals surface area contributed by atoms with Gasteiger partial charge in [0.15, 0.2) is 0 Å². The Bertz CT molecular complexity index is 667. The van der Waals surface area contributed by atoms with Crippen LogP contribution in [0, 0.1) is 0 Å². The number of carbonyl (C=O) groups is 1. The fourth-order valence-corrected chi connectivity index (χ4v) is 3.59. The lowest BCUT2D eigenvalue weighted by Crippen LogP contribution is -2.41. The van der Waals surface area contributed by atoms with Gasteiger partial charge in [-0.25, -0.2) is 8.42 Å². The highest BCUT2D eigenvalue weighted by molar-refractivity contribution is 7.88. The van der Waals surface area contributed by atoms with E-state index < -0.39 is 10.0 Å². The fraction of sp³-hybridized carbons (Fsp3) is 0.588. The Hall–Kier alpha value is -1.44. The Morgan fingerprint density at radius 2 is 2.08 bits per heavy atom. The molecule has 1 fully saturated rings. The predicted octanol–water partition coefficient (Wildman–Crippen LogP) is 2.19. The molecule has 1 N–H and O–H groups in total. The molecule has 1 unspecified atom stereocenters. The number of benzene rings is 1. The van der Waals surface area contributed by atoms with Crippen LogP contribution in [0.3, 0.4) is 0 Å². The smallest absolute Gasteiger partial charge is 0.239 e. The van der Waals surface area contributed by atoms with E-state index in [9.17, 15) is 13.2 Å². The summed E-state index contributed by atoms with van der Waals surface area (Å²) in [6, 6.07) is 7.56. The topological polar surface area (TPSA) is 75.7 Å². The maximum absolute atomic E-state index is 12.4. The van der Waals surface area contributed by atoms with Crippen LogP contribution in [-0.4, -0.2) is 50.7 Å². The number of sulfonamides is 1. The van der Waals surface area contributed by atoms with Gasteiger partial charge < -0.3 is 10.1 Å². The van der Waals surface area contributed by atoms with Crippen molar-refractivity contribution in [1.29, 1.82) is 0 Å². The van der Waals surface area contributed by atoms with Crippen molar-refractivity contribution in [3.63, 3.8) is 0 Å². The molecule has 1 aromatic carbocycles. The lowest BCUT2D eigenvalue weighted by molar-refractivity contribution is -0.116. The highest BCUT2D eigenvalue weighted by atomic mass is 32.2. The number of amides is 1. The molecular formula is C17H26N2O4S. The third-order valence-corrected chi connectivity index (χ3v) is 5.29. The first-order chi connectivity index (χ1) is 11.3. The Kier molecular flexibility index (Phi) is 6.37. The van der Waals surface area contributed by atoms with Crippen LogP contribution in [0.4, 0.5) is 5.69 Å². The average molecular weight is 354 g/mol. The number of nitrogens with one attached hydrogen (secondary N) is 1. The molecule has 1 saturated heterocycles. The molecule has 1 amide bonds. The van der Waals surface area contributed by atoms with Crippen molar-refractivity contribution in [2.75, 3.05) is 31.3 Å². The summed E-state index contributed by atoms with van der Waals surface area (Å²) in [5.74, 6) is -0.0779. The number of hydrogen-bond acceptors (Lipinski definition) is 4. The largest absolute Gasteiger partial charge is 0.377 e. The molecule has 0 aliphatic carbocycles. The van der Waals surface area contributed by atoms with Gasteiger partial charge in [0.25, 0.3) is 0 Å². The van der Waals surface area contributed by atoms with Gasteiger partial charge in [-0.1, -0.05) is 32.0 Å². The van der Waals surface area contributed by atoms with E-state index in [1.807, 2.05) is 38.1 Å². The van der Waals surface area contributed by atoms with E-state index in [0.29, 0.717) is 6.61 Å². The molecule has 7 heteroatoms. The summed E-state index contributed by atoms with van der Waals surface area (Å²) >= 11 is 0. The average Bonchev–Trinajstić information content (AvgIpc) is 2.99. The van der Waals surface area contributed by atoms with Crippen molar-refractivity contribution in [3.05, 3.63) is 29.8 Å².